The molecule has 0 radical (unpaired) electrons. The first-order valence-corrected chi connectivity index (χ1v) is 9.44. The summed E-state index contributed by atoms with van der Waals surface area (Å²) in [5.41, 5.74) is 1.12. The molecular formula is C17H16ClNO3S. The summed E-state index contributed by atoms with van der Waals surface area (Å²) in [5, 5.41) is 3.82. The second kappa shape index (κ2) is 5.51. The third-order valence-electron chi connectivity index (χ3n) is 4.52. The standard InChI is InChI=1S/C17H16ClNO3S/c18-11-1-3-12(4-2-11)23(20,21)13-5-6-14-15-7-8-19-10-17(15)22-16(14)9-13/h1-6,9,15,17,19H,7-8,10H2. The van der Waals surface area contributed by atoms with Gasteiger partial charge < -0.3 is 10.1 Å². The number of ether oxygens (including phenoxy) is 1. The number of fused-ring (bicyclic) bond motifs is 3. The molecule has 2 atom stereocenters. The molecule has 0 aromatic heterocycles. The fraction of sp³-hybridized carbons (Fsp3) is 0.294. The van der Waals surface area contributed by atoms with Crippen LogP contribution >= 0.6 is 11.6 Å². The molecule has 4 rings (SSSR count). The van der Waals surface area contributed by atoms with Gasteiger partial charge in [-0.2, -0.15) is 0 Å². The third kappa shape index (κ3) is 2.53. The van der Waals surface area contributed by atoms with Crippen LogP contribution in [0.2, 0.25) is 5.02 Å². The van der Waals surface area contributed by atoms with Crippen molar-refractivity contribution in [2.24, 2.45) is 0 Å². The number of hydrogen-bond donors (Lipinski definition) is 1. The van der Waals surface area contributed by atoms with Gasteiger partial charge in [0.2, 0.25) is 9.84 Å². The molecule has 2 heterocycles. The van der Waals surface area contributed by atoms with E-state index in [4.69, 9.17) is 16.3 Å². The Hall–Kier alpha value is -1.56. The summed E-state index contributed by atoms with van der Waals surface area (Å²) in [7, 11) is -3.56. The Bertz CT molecular complexity index is 849. The van der Waals surface area contributed by atoms with Gasteiger partial charge in [-0.25, -0.2) is 8.42 Å². The lowest BCUT2D eigenvalue weighted by Gasteiger charge is -2.24. The van der Waals surface area contributed by atoms with Gasteiger partial charge in [0.05, 0.1) is 9.79 Å². The van der Waals surface area contributed by atoms with Crippen LogP contribution in [-0.4, -0.2) is 27.6 Å². The third-order valence-corrected chi connectivity index (χ3v) is 6.54. The highest BCUT2D eigenvalue weighted by Gasteiger charge is 2.36. The number of nitrogens with one attached hydrogen (secondary N) is 1. The van der Waals surface area contributed by atoms with Gasteiger partial charge in [0, 0.05) is 23.0 Å². The van der Waals surface area contributed by atoms with E-state index in [1.54, 1.807) is 24.3 Å². The van der Waals surface area contributed by atoms with Crippen LogP contribution in [0.4, 0.5) is 0 Å². The van der Waals surface area contributed by atoms with Crippen molar-refractivity contribution in [1.82, 2.24) is 5.32 Å². The zero-order valence-electron chi connectivity index (χ0n) is 12.3. The molecule has 2 aliphatic rings. The van der Waals surface area contributed by atoms with Crippen LogP contribution in [0.5, 0.6) is 5.75 Å². The first-order chi connectivity index (χ1) is 11.1. The van der Waals surface area contributed by atoms with Crippen molar-refractivity contribution in [1.29, 1.82) is 0 Å². The van der Waals surface area contributed by atoms with E-state index in [9.17, 15) is 8.42 Å². The fourth-order valence-corrected chi connectivity index (χ4v) is 4.71. The normalized spacial score (nSPS) is 23.0. The Morgan fingerprint density at radius 1 is 1.09 bits per heavy atom. The summed E-state index contributed by atoms with van der Waals surface area (Å²) in [6.07, 6.45) is 1.12. The van der Waals surface area contributed by atoms with Gasteiger partial charge in [0.25, 0.3) is 0 Å². The van der Waals surface area contributed by atoms with Gasteiger partial charge in [-0.05, 0) is 49.4 Å². The number of sulfone groups is 1. The highest BCUT2D eigenvalue weighted by atomic mass is 35.5. The summed E-state index contributed by atoms with van der Waals surface area (Å²) < 4.78 is 31.5. The summed E-state index contributed by atoms with van der Waals surface area (Å²) in [6.45, 7) is 1.77. The zero-order valence-corrected chi connectivity index (χ0v) is 13.9. The Labute approximate surface area is 140 Å². The second-order valence-electron chi connectivity index (χ2n) is 5.91. The van der Waals surface area contributed by atoms with Crippen LogP contribution in [0.3, 0.4) is 0 Å². The van der Waals surface area contributed by atoms with Crippen molar-refractivity contribution in [3.63, 3.8) is 0 Å². The van der Waals surface area contributed by atoms with Gasteiger partial charge in [-0.15, -0.1) is 0 Å². The second-order valence-corrected chi connectivity index (χ2v) is 8.30. The molecule has 0 spiro atoms. The predicted molar refractivity (Wildman–Crippen MR) is 88.0 cm³/mol. The van der Waals surface area contributed by atoms with Gasteiger partial charge in [0.15, 0.2) is 0 Å². The predicted octanol–water partition coefficient (Wildman–Crippen LogP) is 3.01. The van der Waals surface area contributed by atoms with Crippen molar-refractivity contribution in [2.75, 3.05) is 13.1 Å². The molecule has 0 saturated carbocycles. The largest absolute Gasteiger partial charge is 0.488 e. The average molecular weight is 350 g/mol. The topological polar surface area (TPSA) is 55.4 Å². The lowest BCUT2D eigenvalue weighted by Crippen LogP contribution is -2.39. The van der Waals surface area contributed by atoms with Gasteiger partial charge in [-0.1, -0.05) is 17.7 Å². The van der Waals surface area contributed by atoms with Gasteiger partial charge >= 0.3 is 0 Å². The molecule has 4 nitrogen and oxygen atoms in total. The molecule has 0 aliphatic carbocycles. The molecule has 0 amide bonds. The van der Waals surface area contributed by atoms with Crippen molar-refractivity contribution in [3.8, 4) is 5.75 Å². The first-order valence-electron chi connectivity index (χ1n) is 7.58. The number of benzene rings is 2. The maximum Gasteiger partial charge on any atom is 0.206 e. The summed E-state index contributed by atoms with van der Waals surface area (Å²) in [4.78, 5) is 0.490. The fourth-order valence-electron chi connectivity index (χ4n) is 3.31. The molecule has 23 heavy (non-hydrogen) atoms. The molecule has 1 fully saturated rings. The molecule has 120 valence electrons. The number of piperidine rings is 1. The van der Waals surface area contributed by atoms with Crippen LogP contribution in [0, 0.1) is 0 Å². The van der Waals surface area contributed by atoms with E-state index in [-0.39, 0.29) is 15.9 Å². The minimum atomic E-state index is -3.56. The molecular weight excluding hydrogens is 334 g/mol. The Balaban J connectivity index is 1.73. The molecule has 1 N–H and O–H groups in total. The molecule has 1 saturated heterocycles. The highest BCUT2D eigenvalue weighted by molar-refractivity contribution is 7.91. The van der Waals surface area contributed by atoms with Crippen LogP contribution in [0.25, 0.3) is 0 Å². The average Bonchev–Trinajstić information content (AvgIpc) is 2.93. The van der Waals surface area contributed by atoms with E-state index in [0.717, 1.165) is 25.1 Å². The lowest BCUT2D eigenvalue weighted by molar-refractivity contribution is 0.176. The van der Waals surface area contributed by atoms with E-state index in [1.807, 2.05) is 6.07 Å². The molecule has 2 aromatic rings. The monoisotopic (exact) mass is 349 g/mol. The summed E-state index contributed by atoms with van der Waals surface area (Å²) >= 11 is 5.83. The maximum absolute atomic E-state index is 12.7. The van der Waals surface area contributed by atoms with Crippen LogP contribution in [0.1, 0.15) is 17.9 Å². The van der Waals surface area contributed by atoms with E-state index in [0.29, 0.717) is 16.7 Å². The smallest absolute Gasteiger partial charge is 0.206 e. The number of halogens is 1. The molecule has 2 unspecified atom stereocenters. The summed E-state index contributed by atoms with van der Waals surface area (Å²) in [5.74, 6) is 1.05. The van der Waals surface area contributed by atoms with Gasteiger partial charge in [0.1, 0.15) is 11.9 Å². The van der Waals surface area contributed by atoms with E-state index in [2.05, 4.69) is 5.32 Å². The Morgan fingerprint density at radius 2 is 1.83 bits per heavy atom. The number of rotatable bonds is 2. The van der Waals surface area contributed by atoms with E-state index >= 15 is 0 Å². The van der Waals surface area contributed by atoms with E-state index in [1.165, 1.54) is 12.1 Å². The molecule has 6 heteroatoms. The van der Waals surface area contributed by atoms with Crippen molar-refractivity contribution < 1.29 is 13.2 Å². The van der Waals surface area contributed by atoms with Crippen LogP contribution in [0.15, 0.2) is 52.3 Å². The van der Waals surface area contributed by atoms with Crippen molar-refractivity contribution in [3.05, 3.63) is 53.1 Å². The molecule has 2 aromatic carbocycles. The Kier molecular flexibility index (Phi) is 3.59. The Morgan fingerprint density at radius 3 is 2.61 bits per heavy atom. The van der Waals surface area contributed by atoms with Gasteiger partial charge in [-0.3, -0.25) is 0 Å². The van der Waals surface area contributed by atoms with Crippen molar-refractivity contribution in [2.45, 2.75) is 28.2 Å². The maximum atomic E-state index is 12.7. The SMILES string of the molecule is O=S(=O)(c1ccc(Cl)cc1)c1ccc2c(c1)OC1CNCCC21. The lowest BCUT2D eigenvalue weighted by atomic mass is 9.90. The van der Waals surface area contributed by atoms with Crippen molar-refractivity contribution >= 4 is 21.4 Å². The highest BCUT2D eigenvalue weighted by Crippen LogP contribution is 2.42. The van der Waals surface area contributed by atoms with Crippen LogP contribution in [-0.2, 0) is 9.84 Å². The number of hydrogen-bond acceptors (Lipinski definition) is 4. The summed E-state index contributed by atoms with van der Waals surface area (Å²) in [6, 6.07) is 11.4. The minimum absolute atomic E-state index is 0.104. The van der Waals surface area contributed by atoms with Crippen LogP contribution < -0.4 is 10.1 Å². The molecule has 2 aliphatic heterocycles. The quantitative estimate of drug-likeness (QED) is 0.905. The molecule has 0 bridgehead atoms. The minimum Gasteiger partial charge on any atom is -0.488 e. The first kappa shape index (κ1) is 15.0. The zero-order chi connectivity index (χ0) is 16.0. The van der Waals surface area contributed by atoms with E-state index < -0.39 is 9.84 Å².